The molecule has 4 nitrogen and oxygen atoms in total. The van der Waals surface area contributed by atoms with Crippen LogP contribution in [0.15, 0.2) is 78.9 Å². The smallest absolute Gasteiger partial charge is 0.261 e. The van der Waals surface area contributed by atoms with Gasteiger partial charge in [0.15, 0.2) is 0 Å². The van der Waals surface area contributed by atoms with Crippen LogP contribution in [0.3, 0.4) is 0 Å². The summed E-state index contributed by atoms with van der Waals surface area (Å²) in [4.78, 5) is 26.3. The van der Waals surface area contributed by atoms with E-state index in [1.54, 1.807) is 24.3 Å². The summed E-state index contributed by atoms with van der Waals surface area (Å²) in [5.41, 5.74) is 0.922. The zero-order valence-corrected chi connectivity index (χ0v) is 15.1. The maximum Gasteiger partial charge on any atom is 0.261 e. The Kier molecular flexibility index (Phi) is 3.83. The Morgan fingerprint density at radius 1 is 0.679 bits per heavy atom. The molecule has 5 rings (SSSR count). The number of ether oxygens (including phenoxy) is 1. The molecule has 1 heterocycles. The number of carbonyl (C=O) groups excluding carboxylic acids is 2. The Hall–Kier alpha value is -3.66. The highest BCUT2D eigenvalue weighted by molar-refractivity contribution is 6.21. The van der Waals surface area contributed by atoms with Crippen LogP contribution in [0.1, 0.15) is 20.7 Å². The van der Waals surface area contributed by atoms with E-state index in [1.807, 2.05) is 36.4 Å². The van der Waals surface area contributed by atoms with Gasteiger partial charge in [-0.1, -0.05) is 60.7 Å². The Morgan fingerprint density at radius 3 is 1.75 bits per heavy atom. The lowest BCUT2D eigenvalue weighted by atomic mass is 10.0. The van der Waals surface area contributed by atoms with Crippen LogP contribution in [-0.4, -0.2) is 29.9 Å². The van der Waals surface area contributed by atoms with Gasteiger partial charge in [0.1, 0.15) is 12.4 Å². The van der Waals surface area contributed by atoms with Gasteiger partial charge in [-0.15, -0.1) is 0 Å². The van der Waals surface area contributed by atoms with E-state index in [-0.39, 0.29) is 25.0 Å². The fourth-order valence-corrected chi connectivity index (χ4v) is 3.81. The van der Waals surface area contributed by atoms with Gasteiger partial charge < -0.3 is 4.74 Å². The summed E-state index contributed by atoms with van der Waals surface area (Å²) in [6, 6.07) is 25.2. The molecule has 0 bridgehead atoms. The third-order valence-corrected chi connectivity index (χ3v) is 5.16. The van der Waals surface area contributed by atoms with Gasteiger partial charge in [-0.25, -0.2) is 0 Å². The molecule has 0 saturated carbocycles. The van der Waals surface area contributed by atoms with Crippen LogP contribution < -0.4 is 4.74 Å². The van der Waals surface area contributed by atoms with Gasteiger partial charge in [-0.2, -0.15) is 0 Å². The van der Waals surface area contributed by atoms with Crippen molar-refractivity contribution in [3.63, 3.8) is 0 Å². The van der Waals surface area contributed by atoms with Crippen molar-refractivity contribution >= 4 is 33.4 Å². The molecule has 1 aliphatic rings. The molecular formula is C24H17NO3. The number of rotatable bonds is 4. The van der Waals surface area contributed by atoms with Crippen LogP contribution in [-0.2, 0) is 0 Å². The monoisotopic (exact) mass is 367 g/mol. The number of hydrogen-bond acceptors (Lipinski definition) is 3. The molecule has 0 saturated heterocycles. The maximum atomic E-state index is 12.5. The summed E-state index contributed by atoms with van der Waals surface area (Å²) in [5.74, 6) is 0.268. The standard InChI is InChI=1S/C24H17NO3/c26-23-20-11-5-6-12-21(20)24(27)25(23)13-14-28-22-18-9-3-1-7-16(18)15-17-8-2-4-10-19(17)22/h1-12,15H,13-14H2. The van der Waals surface area contributed by atoms with Crippen LogP contribution in [0.4, 0.5) is 0 Å². The summed E-state index contributed by atoms with van der Waals surface area (Å²) >= 11 is 0. The summed E-state index contributed by atoms with van der Waals surface area (Å²) in [5, 5.41) is 4.22. The van der Waals surface area contributed by atoms with Crippen LogP contribution >= 0.6 is 0 Å². The van der Waals surface area contributed by atoms with Crippen molar-refractivity contribution in [2.45, 2.75) is 0 Å². The lowest BCUT2D eigenvalue weighted by Gasteiger charge is -2.17. The number of carbonyl (C=O) groups is 2. The van der Waals surface area contributed by atoms with E-state index in [0.717, 1.165) is 27.3 Å². The molecular weight excluding hydrogens is 350 g/mol. The van der Waals surface area contributed by atoms with E-state index < -0.39 is 0 Å². The first kappa shape index (κ1) is 16.5. The summed E-state index contributed by atoms with van der Waals surface area (Å²) < 4.78 is 6.14. The van der Waals surface area contributed by atoms with Crippen molar-refractivity contribution < 1.29 is 14.3 Å². The van der Waals surface area contributed by atoms with E-state index in [1.165, 1.54) is 4.90 Å². The highest BCUT2D eigenvalue weighted by Crippen LogP contribution is 2.34. The summed E-state index contributed by atoms with van der Waals surface area (Å²) in [6.07, 6.45) is 0. The van der Waals surface area contributed by atoms with Crippen LogP contribution in [0, 0.1) is 0 Å². The molecule has 2 amide bonds. The lowest BCUT2D eigenvalue weighted by Crippen LogP contribution is -2.33. The molecule has 4 aromatic carbocycles. The van der Waals surface area contributed by atoms with Crippen molar-refractivity contribution in [2.75, 3.05) is 13.2 Å². The van der Waals surface area contributed by atoms with Crippen molar-refractivity contribution in [3.8, 4) is 5.75 Å². The highest BCUT2D eigenvalue weighted by atomic mass is 16.5. The molecule has 0 radical (unpaired) electrons. The second-order valence-corrected chi connectivity index (χ2v) is 6.80. The molecule has 0 aromatic heterocycles. The predicted octanol–water partition coefficient (Wildman–Crippen LogP) is 4.67. The van der Waals surface area contributed by atoms with E-state index in [4.69, 9.17) is 4.74 Å². The summed E-state index contributed by atoms with van der Waals surface area (Å²) in [6.45, 7) is 0.452. The Morgan fingerprint density at radius 2 is 1.18 bits per heavy atom. The maximum absolute atomic E-state index is 12.5. The minimum absolute atomic E-state index is 0.212. The molecule has 28 heavy (non-hydrogen) atoms. The minimum atomic E-state index is -0.257. The van der Waals surface area contributed by atoms with Crippen molar-refractivity contribution in [1.29, 1.82) is 0 Å². The zero-order valence-electron chi connectivity index (χ0n) is 15.1. The molecule has 0 N–H and O–H groups in total. The first-order valence-corrected chi connectivity index (χ1v) is 9.22. The molecule has 136 valence electrons. The topological polar surface area (TPSA) is 46.6 Å². The molecule has 0 unspecified atom stereocenters. The normalized spacial score (nSPS) is 13.4. The lowest BCUT2D eigenvalue weighted by molar-refractivity contribution is 0.0632. The largest absolute Gasteiger partial charge is 0.490 e. The van der Waals surface area contributed by atoms with Gasteiger partial charge in [0, 0.05) is 10.8 Å². The highest BCUT2D eigenvalue weighted by Gasteiger charge is 2.34. The number of imide groups is 1. The van der Waals surface area contributed by atoms with Gasteiger partial charge in [-0.3, -0.25) is 14.5 Å². The average Bonchev–Trinajstić information content (AvgIpc) is 2.98. The van der Waals surface area contributed by atoms with Crippen LogP contribution in [0.2, 0.25) is 0 Å². The van der Waals surface area contributed by atoms with E-state index >= 15 is 0 Å². The van der Waals surface area contributed by atoms with E-state index in [9.17, 15) is 9.59 Å². The fourth-order valence-electron chi connectivity index (χ4n) is 3.81. The summed E-state index contributed by atoms with van der Waals surface area (Å²) in [7, 11) is 0. The fraction of sp³-hybridized carbons (Fsp3) is 0.0833. The first-order chi connectivity index (χ1) is 13.7. The van der Waals surface area contributed by atoms with E-state index in [2.05, 4.69) is 18.2 Å². The minimum Gasteiger partial charge on any atom is -0.490 e. The number of fused-ring (bicyclic) bond motifs is 3. The van der Waals surface area contributed by atoms with Crippen LogP contribution in [0.5, 0.6) is 5.75 Å². The van der Waals surface area contributed by atoms with E-state index in [0.29, 0.717) is 11.1 Å². The van der Waals surface area contributed by atoms with Gasteiger partial charge in [0.2, 0.25) is 0 Å². The Labute approximate surface area is 162 Å². The molecule has 0 spiro atoms. The van der Waals surface area contributed by atoms with Crippen molar-refractivity contribution in [1.82, 2.24) is 4.90 Å². The average molecular weight is 367 g/mol. The number of benzene rings is 4. The number of amides is 2. The van der Waals surface area contributed by atoms with Gasteiger partial charge >= 0.3 is 0 Å². The molecule has 0 fully saturated rings. The number of nitrogens with zero attached hydrogens (tertiary/aromatic N) is 1. The van der Waals surface area contributed by atoms with Gasteiger partial charge in [0.05, 0.1) is 17.7 Å². The quantitative estimate of drug-likeness (QED) is 0.389. The predicted molar refractivity (Wildman–Crippen MR) is 109 cm³/mol. The molecule has 4 heteroatoms. The Bertz CT molecular complexity index is 1160. The number of hydrogen-bond donors (Lipinski definition) is 0. The Balaban J connectivity index is 1.44. The molecule has 4 aromatic rings. The third-order valence-electron chi connectivity index (χ3n) is 5.16. The molecule has 0 atom stereocenters. The SMILES string of the molecule is O=C1c2ccccc2C(=O)N1CCOc1c2ccccc2cc2ccccc12. The van der Waals surface area contributed by atoms with Gasteiger partial charge in [-0.05, 0) is 29.0 Å². The van der Waals surface area contributed by atoms with Crippen LogP contribution in [0.25, 0.3) is 21.5 Å². The van der Waals surface area contributed by atoms with Crippen molar-refractivity contribution in [3.05, 3.63) is 90.0 Å². The molecule has 1 aliphatic heterocycles. The third kappa shape index (κ3) is 2.54. The molecule has 0 aliphatic carbocycles. The zero-order chi connectivity index (χ0) is 19.1. The van der Waals surface area contributed by atoms with Crippen molar-refractivity contribution in [2.24, 2.45) is 0 Å². The second kappa shape index (κ2) is 6.50. The second-order valence-electron chi connectivity index (χ2n) is 6.80. The van der Waals surface area contributed by atoms with Gasteiger partial charge in [0.25, 0.3) is 11.8 Å². The first-order valence-electron chi connectivity index (χ1n) is 9.22.